The molecule has 0 radical (unpaired) electrons. The van der Waals surface area contributed by atoms with E-state index >= 15 is 0 Å². The van der Waals surface area contributed by atoms with Crippen molar-refractivity contribution >= 4 is 42.5 Å². The smallest absolute Gasteiger partial charge is 0.242 e. The molecule has 1 aliphatic rings. The van der Waals surface area contributed by atoms with Gasteiger partial charge in [0.15, 0.2) is 0 Å². The zero-order valence-corrected chi connectivity index (χ0v) is 20.5. The van der Waals surface area contributed by atoms with Crippen LogP contribution < -0.4 is 21.7 Å². The van der Waals surface area contributed by atoms with E-state index in [1.807, 2.05) is 12.1 Å². The molecule has 0 spiro atoms. The molecule has 0 saturated carbocycles. The Balaban J connectivity index is 0.00000272. The summed E-state index contributed by atoms with van der Waals surface area (Å²) in [5.41, 5.74) is 9.46. The molecule has 0 bridgehead atoms. The third-order valence-electron chi connectivity index (χ3n) is 5.75. The lowest BCUT2D eigenvalue weighted by Gasteiger charge is -2.30. The number of piperidine rings is 1. The van der Waals surface area contributed by atoms with Gasteiger partial charge in [-0.3, -0.25) is 15.0 Å². The van der Waals surface area contributed by atoms with Crippen LogP contribution >= 0.6 is 24.8 Å². The van der Waals surface area contributed by atoms with Gasteiger partial charge in [-0.2, -0.15) is 0 Å². The van der Waals surface area contributed by atoms with Crippen molar-refractivity contribution in [1.82, 2.24) is 16.0 Å². The molecular weight excluding hydrogens is 461 g/mol. The number of benzene rings is 2. The highest BCUT2D eigenvalue weighted by atomic mass is 35.5. The maximum absolute atomic E-state index is 12.7. The molecule has 3 rings (SSSR count). The highest BCUT2D eigenvalue weighted by Gasteiger charge is 2.29. The standard InChI is InChI=1S/C24H31N5O2.2ClH/c1-15-3-7-18(8-4-15)20-11-12-27-21(13-20)24(31)29-16(2)23(30)28-14-17-5-9-19(10-6-17)22(25)26;;/h3-10,16,20-21,27H,11-14H2,1-2H3,(H3,25,26)(H,28,30)(H,29,31);2*1H/t16-,20-,21+;;/m0../s1. The number of nitrogens with two attached hydrogens (primary N) is 1. The molecule has 0 aromatic heterocycles. The van der Waals surface area contributed by atoms with E-state index in [2.05, 4.69) is 47.1 Å². The SMILES string of the molecule is Cc1ccc([C@H]2CCN[C@@H](C(=O)N[C@@H](C)C(=O)NCc3ccc(C(=N)N)cc3)C2)cc1.Cl.Cl. The molecule has 3 atom stereocenters. The van der Waals surface area contributed by atoms with Crippen molar-refractivity contribution in [1.29, 1.82) is 5.41 Å². The summed E-state index contributed by atoms with van der Waals surface area (Å²) in [5.74, 6) is -0.0484. The maximum Gasteiger partial charge on any atom is 0.242 e. The van der Waals surface area contributed by atoms with Crippen LogP contribution in [0.25, 0.3) is 0 Å². The molecule has 33 heavy (non-hydrogen) atoms. The summed E-state index contributed by atoms with van der Waals surface area (Å²) in [5, 5.41) is 16.4. The highest BCUT2D eigenvalue weighted by Crippen LogP contribution is 2.28. The van der Waals surface area contributed by atoms with Gasteiger partial charge in [-0.25, -0.2) is 0 Å². The number of aryl methyl sites for hydroxylation is 1. The third-order valence-corrected chi connectivity index (χ3v) is 5.75. The predicted octanol–water partition coefficient (Wildman–Crippen LogP) is 2.78. The monoisotopic (exact) mass is 493 g/mol. The fourth-order valence-corrected chi connectivity index (χ4v) is 3.78. The molecule has 2 aromatic carbocycles. The van der Waals surface area contributed by atoms with E-state index in [1.54, 1.807) is 19.1 Å². The van der Waals surface area contributed by atoms with Crippen molar-refractivity contribution in [3.05, 3.63) is 70.8 Å². The van der Waals surface area contributed by atoms with E-state index in [0.717, 1.165) is 18.5 Å². The van der Waals surface area contributed by atoms with Crippen molar-refractivity contribution in [2.75, 3.05) is 6.54 Å². The molecule has 1 saturated heterocycles. The number of carbonyl (C=O) groups excluding carboxylic acids is 2. The van der Waals surface area contributed by atoms with Crippen molar-refractivity contribution in [3.63, 3.8) is 0 Å². The van der Waals surface area contributed by atoms with Crippen LogP contribution in [0, 0.1) is 12.3 Å². The molecule has 1 fully saturated rings. The number of hydrogen-bond acceptors (Lipinski definition) is 4. The fraction of sp³-hybridized carbons (Fsp3) is 0.375. The normalized spacial score (nSPS) is 18.1. The fourth-order valence-electron chi connectivity index (χ4n) is 3.78. The van der Waals surface area contributed by atoms with Gasteiger partial charge in [0.25, 0.3) is 0 Å². The zero-order chi connectivity index (χ0) is 22.4. The Labute approximate surface area is 207 Å². The minimum Gasteiger partial charge on any atom is -0.384 e. The highest BCUT2D eigenvalue weighted by molar-refractivity contribution is 5.95. The van der Waals surface area contributed by atoms with Crippen LogP contribution in [0.2, 0.25) is 0 Å². The summed E-state index contributed by atoms with van der Waals surface area (Å²) < 4.78 is 0. The Hall–Kier alpha value is -2.61. The van der Waals surface area contributed by atoms with Crippen molar-refractivity contribution < 1.29 is 9.59 Å². The Morgan fingerprint density at radius 2 is 1.76 bits per heavy atom. The quantitative estimate of drug-likeness (QED) is 0.300. The average molecular weight is 494 g/mol. The topological polar surface area (TPSA) is 120 Å². The number of amidine groups is 1. The molecule has 9 heteroatoms. The van der Waals surface area contributed by atoms with Crippen LogP contribution in [-0.4, -0.2) is 36.3 Å². The van der Waals surface area contributed by atoms with Gasteiger partial charge in [0, 0.05) is 12.1 Å². The molecule has 0 aliphatic carbocycles. The maximum atomic E-state index is 12.7. The van der Waals surface area contributed by atoms with E-state index < -0.39 is 6.04 Å². The Bertz CT molecular complexity index is 935. The summed E-state index contributed by atoms with van der Waals surface area (Å²) in [6, 6.07) is 14.7. The van der Waals surface area contributed by atoms with Crippen molar-refractivity contribution in [2.24, 2.45) is 5.73 Å². The van der Waals surface area contributed by atoms with Crippen LogP contribution in [0.4, 0.5) is 0 Å². The second-order valence-electron chi connectivity index (χ2n) is 8.20. The summed E-state index contributed by atoms with van der Waals surface area (Å²) in [6.07, 6.45) is 1.71. The number of halogens is 2. The lowest BCUT2D eigenvalue weighted by Crippen LogP contribution is -2.53. The zero-order valence-electron chi connectivity index (χ0n) is 18.9. The number of nitrogens with one attached hydrogen (secondary N) is 4. The Kier molecular flexibility index (Phi) is 11.4. The van der Waals surface area contributed by atoms with E-state index in [-0.39, 0.29) is 48.5 Å². The lowest BCUT2D eigenvalue weighted by atomic mass is 9.86. The summed E-state index contributed by atoms with van der Waals surface area (Å²) in [7, 11) is 0. The number of amides is 2. The lowest BCUT2D eigenvalue weighted by molar-refractivity contribution is -0.130. The van der Waals surface area contributed by atoms with Gasteiger partial charge >= 0.3 is 0 Å². The van der Waals surface area contributed by atoms with Crippen LogP contribution in [0.1, 0.15) is 47.9 Å². The van der Waals surface area contributed by atoms with Gasteiger partial charge in [0.1, 0.15) is 11.9 Å². The van der Waals surface area contributed by atoms with E-state index in [9.17, 15) is 9.59 Å². The van der Waals surface area contributed by atoms with Gasteiger partial charge in [0.05, 0.1) is 6.04 Å². The molecule has 1 aliphatic heterocycles. The Morgan fingerprint density at radius 1 is 1.12 bits per heavy atom. The number of nitrogen functional groups attached to an aromatic ring is 1. The van der Waals surface area contributed by atoms with Crippen LogP contribution in [-0.2, 0) is 16.1 Å². The van der Waals surface area contributed by atoms with E-state index in [4.69, 9.17) is 11.1 Å². The van der Waals surface area contributed by atoms with Gasteiger partial charge in [0.2, 0.25) is 11.8 Å². The number of rotatable bonds is 7. The van der Waals surface area contributed by atoms with E-state index in [1.165, 1.54) is 11.1 Å². The first-order valence-electron chi connectivity index (χ1n) is 10.6. The first-order valence-corrected chi connectivity index (χ1v) is 10.6. The number of carbonyl (C=O) groups is 2. The Morgan fingerprint density at radius 3 is 2.36 bits per heavy atom. The average Bonchev–Trinajstić information content (AvgIpc) is 2.78. The second-order valence-corrected chi connectivity index (χ2v) is 8.20. The third kappa shape index (κ3) is 8.03. The molecule has 2 aromatic rings. The van der Waals surface area contributed by atoms with Crippen LogP contribution in [0.3, 0.4) is 0 Å². The van der Waals surface area contributed by atoms with Crippen molar-refractivity contribution in [2.45, 2.75) is 51.2 Å². The first kappa shape index (κ1) is 28.4. The van der Waals surface area contributed by atoms with Gasteiger partial charge in [-0.05, 0) is 50.3 Å². The molecule has 6 N–H and O–H groups in total. The van der Waals surface area contributed by atoms with Gasteiger partial charge in [-0.1, -0.05) is 54.1 Å². The molecule has 2 amide bonds. The molecule has 7 nitrogen and oxygen atoms in total. The van der Waals surface area contributed by atoms with E-state index in [0.29, 0.717) is 24.4 Å². The molecule has 1 heterocycles. The minimum atomic E-state index is -0.634. The molecule has 180 valence electrons. The summed E-state index contributed by atoms with van der Waals surface area (Å²) >= 11 is 0. The summed E-state index contributed by atoms with van der Waals surface area (Å²) in [4.78, 5) is 25.2. The minimum absolute atomic E-state index is 0. The first-order chi connectivity index (χ1) is 14.8. The molecular formula is C24H33Cl2N5O2. The summed E-state index contributed by atoms with van der Waals surface area (Å²) in [6.45, 7) is 4.87. The van der Waals surface area contributed by atoms with Crippen LogP contribution in [0.5, 0.6) is 0 Å². The van der Waals surface area contributed by atoms with Gasteiger partial charge < -0.3 is 21.7 Å². The van der Waals surface area contributed by atoms with Crippen LogP contribution in [0.15, 0.2) is 48.5 Å². The number of hydrogen-bond donors (Lipinski definition) is 5. The second kappa shape index (κ2) is 13.2. The predicted molar refractivity (Wildman–Crippen MR) is 136 cm³/mol. The van der Waals surface area contributed by atoms with Crippen molar-refractivity contribution in [3.8, 4) is 0 Å². The van der Waals surface area contributed by atoms with Gasteiger partial charge in [-0.15, -0.1) is 24.8 Å². The molecule has 0 unspecified atom stereocenters. The largest absolute Gasteiger partial charge is 0.384 e.